The van der Waals surface area contributed by atoms with Gasteiger partial charge in [0.15, 0.2) is 0 Å². The lowest BCUT2D eigenvalue weighted by atomic mass is 9.89. The summed E-state index contributed by atoms with van der Waals surface area (Å²) < 4.78 is 28.8. The molecule has 0 radical (unpaired) electrons. The Morgan fingerprint density at radius 1 is 1.05 bits per heavy atom. The standard InChI is InChI=1S/C30H34N4O4S/c1-2-22-7-3-9-25(29(22)35)21-33-17-6-18-34(20-19-33)30(36)24-12-14-26(15-13-24)32-39(37,38)27-11-4-8-23-10-5-16-31-28(23)27/h3-5,7-16,25,29,32,35H,2,6,17-21H2,1H3/t25-,29?/m1/s1. The van der Waals surface area contributed by atoms with E-state index in [1.165, 1.54) is 6.07 Å². The number of benzene rings is 2. The van der Waals surface area contributed by atoms with E-state index in [0.717, 1.165) is 43.4 Å². The van der Waals surface area contributed by atoms with Crippen molar-refractivity contribution in [3.05, 3.63) is 90.2 Å². The van der Waals surface area contributed by atoms with Crippen molar-refractivity contribution in [2.24, 2.45) is 5.92 Å². The minimum atomic E-state index is -3.87. The molecule has 2 aromatic carbocycles. The lowest BCUT2D eigenvalue weighted by Crippen LogP contribution is -2.39. The van der Waals surface area contributed by atoms with Gasteiger partial charge in [0, 0.05) is 54.9 Å². The third-order valence-electron chi connectivity index (χ3n) is 7.48. The van der Waals surface area contributed by atoms with Crippen molar-refractivity contribution < 1.29 is 18.3 Å². The van der Waals surface area contributed by atoms with Crippen molar-refractivity contribution >= 4 is 32.5 Å². The van der Waals surface area contributed by atoms with Crippen LogP contribution in [0.3, 0.4) is 0 Å². The van der Waals surface area contributed by atoms with Crippen LogP contribution in [-0.2, 0) is 10.0 Å². The Morgan fingerprint density at radius 2 is 1.85 bits per heavy atom. The molecule has 1 aliphatic carbocycles. The molecule has 1 saturated heterocycles. The SMILES string of the molecule is CCC1=CC=C[C@H](CN2CCCN(C(=O)c3ccc(NS(=O)(=O)c4cccc5cccnc45)cc3)CC2)C1O. The number of hydrogen-bond donors (Lipinski definition) is 2. The number of fused-ring (bicyclic) bond motifs is 1. The van der Waals surface area contributed by atoms with Crippen LogP contribution < -0.4 is 4.72 Å². The first-order chi connectivity index (χ1) is 18.9. The Bertz CT molecular complexity index is 1500. The summed E-state index contributed by atoms with van der Waals surface area (Å²) in [6, 6.07) is 15.2. The van der Waals surface area contributed by atoms with Crippen molar-refractivity contribution in [1.82, 2.24) is 14.8 Å². The first-order valence-electron chi connectivity index (χ1n) is 13.4. The summed E-state index contributed by atoms with van der Waals surface area (Å²) >= 11 is 0. The number of rotatable bonds is 7. The molecular formula is C30H34N4O4S. The molecule has 39 heavy (non-hydrogen) atoms. The molecule has 1 aliphatic heterocycles. The van der Waals surface area contributed by atoms with E-state index >= 15 is 0 Å². The zero-order valence-electron chi connectivity index (χ0n) is 22.0. The van der Waals surface area contributed by atoms with E-state index in [4.69, 9.17) is 0 Å². The molecule has 8 nitrogen and oxygen atoms in total. The van der Waals surface area contributed by atoms with E-state index < -0.39 is 16.1 Å². The zero-order chi connectivity index (χ0) is 27.4. The van der Waals surface area contributed by atoms with E-state index in [2.05, 4.69) is 27.6 Å². The van der Waals surface area contributed by atoms with Crippen LogP contribution in [0.4, 0.5) is 5.69 Å². The lowest BCUT2D eigenvalue weighted by Gasteiger charge is -2.30. The molecule has 1 fully saturated rings. The van der Waals surface area contributed by atoms with E-state index in [1.807, 2.05) is 29.2 Å². The van der Waals surface area contributed by atoms with Gasteiger partial charge in [-0.2, -0.15) is 0 Å². The number of sulfonamides is 1. The second-order valence-electron chi connectivity index (χ2n) is 10.0. The van der Waals surface area contributed by atoms with Crippen LogP contribution in [0.25, 0.3) is 10.9 Å². The van der Waals surface area contributed by atoms with Gasteiger partial charge >= 0.3 is 0 Å². The molecule has 2 N–H and O–H groups in total. The van der Waals surface area contributed by atoms with E-state index in [0.29, 0.717) is 29.9 Å². The second-order valence-corrected chi connectivity index (χ2v) is 11.7. The second kappa shape index (κ2) is 11.7. The molecule has 3 aromatic rings. The number of nitrogens with zero attached hydrogens (tertiary/aromatic N) is 3. The Hall–Kier alpha value is -3.53. The van der Waals surface area contributed by atoms with Crippen LogP contribution in [-0.4, -0.2) is 73.0 Å². The summed E-state index contributed by atoms with van der Waals surface area (Å²) in [7, 11) is -3.87. The molecule has 0 saturated carbocycles. The Kier molecular flexibility index (Phi) is 8.11. The number of aliphatic hydroxyl groups is 1. The van der Waals surface area contributed by atoms with Crippen LogP contribution >= 0.6 is 0 Å². The highest BCUT2D eigenvalue weighted by Gasteiger charge is 2.27. The van der Waals surface area contributed by atoms with Gasteiger partial charge in [-0.25, -0.2) is 8.42 Å². The fourth-order valence-corrected chi connectivity index (χ4v) is 6.55. The van der Waals surface area contributed by atoms with E-state index in [9.17, 15) is 18.3 Å². The summed E-state index contributed by atoms with van der Waals surface area (Å²) in [5.74, 6) is -0.00788. The maximum atomic E-state index is 13.2. The third-order valence-corrected chi connectivity index (χ3v) is 8.89. The van der Waals surface area contributed by atoms with Gasteiger partial charge in [0.25, 0.3) is 15.9 Å². The Morgan fingerprint density at radius 3 is 2.64 bits per heavy atom. The molecule has 5 rings (SSSR count). The van der Waals surface area contributed by atoms with Crippen LogP contribution in [0, 0.1) is 5.92 Å². The summed E-state index contributed by atoms with van der Waals surface area (Å²) in [6.45, 7) is 5.69. The first-order valence-corrected chi connectivity index (χ1v) is 14.9. The molecule has 204 valence electrons. The van der Waals surface area contributed by atoms with Gasteiger partial charge in [0.2, 0.25) is 0 Å². The number of pyridine rings is 1. The summed E-state index contributed by atoms with van der Waals surface area (Å²) in [5.41, 5.74) is 2.36. The maximum absolute atomic E-state index is 13.2. The fourth-order valence-electron chi connectivity index (χ4n) is 5.31. The van der Waals surface area contributed by atoms with Gasteiger partial charge < -0.3 is 14.9 Å². The highest BCUT2D eigenvalue weighted by Crippen LogP contribution is 2.25. The summed E-state index contributed by atoms with van der Waals surface area (Å²) in [6.07, 6.45) is 8.92. The number of carbonyl (C=O) groups is 1. The largest absolute Gasteiger partial charge is 0.388 e. The average Bonchev–Trinajstić information content (AvgIpc) is 3.19. The zero-order valence-corrected chi connectivity index (χ0v) is 22.8. The molecule has 2 aliphatic rings. The number of nitrogens with one attached hydrogen (secondary N) is 1. The molecule has 9 heteroatoms. The summed E-state index contributed by atoms with van der Waals surface area (Å²) in [4.78, 5) is 21.8. The average molecular weight is 547 g/mol. The molecule has 2 atom stereocenters. The number of aromatic nitrogens is 1. The molecule has 2 heterocycles. The monoisotopic (exact) mass is 546 g/mol. The fraction of sp³-hybridized carbons (Fsp3) is 0.333. The normalized spacial score (nSPS) is 20.5. The smallest absolute Gasteiger partial charge is 0.264 e. The molecular weight excluding hydrogens is 512 g/mol. The van der Waals surface area contributed by atoms with Gasteiger partial charge in [-0.15, -0.1) is 0 Å². The first kappa shape index (κ1) is 27.1. The van der Waals surface area contributed by atoms with Crippen molar-refractivity contribution in [3.63, 3.8) is 0 Å². The highest BCUT2D eigenvalue weighted by molar-refractivity contribution is 7.93. The molecule has 1 aromatic heterocycles. The van der Waals surface area contributed by atoms with Crippen molar-refractivity contribution in [2.45, 2.75) is 30.8 Å². The van der Waals surface area contributed by atoms with Crippen molar-refractivity contribution in [3.8, 4) is 0 Å². The van der Waals surface area contributed by atoms with Gasteiger partial charge in [0.1, 0.15) is 4.90 Å². The minimum Gasteiger partial charge on any atom is -0.388 e. The van der Waals surface area contributed by atoms with Crippen LogP contribution in [0.15, 0.2) is 89.5 Å². The molecule has 1 amide bonds. The number of anilines is 1. The number of hydrogen-bond acceptors (Lipinski definition) is 6. The summed E-state index contributed by atoms with van der Waals surface area (Å²) in [5, 5.41) is 11.4. The Labute approximate surface area is 229 Å². The highest BCUT2D eigenvalue weighted by atomic mass is 32.2. The minimum absolute atomic E-state index is 0.0631. The van der Waals surface area contributed by atoms with Crippen LogP contribution in [0.1, 0.15) is 30.1 Å². The molecule has 1 unspecified atom stereocenters. The predicted molar refractivity (Wildman–Crippen MR) is 153 cm³/mol. The van der Waals surface area contributed by atoms with Crippen LogP contribution in [0.5, 0.6) is 0 Å². The Balaban J connectivity index is 1.20. The number of carbonyl (C=O) groups excluding carboxylic acids is 1. The van der Waals surface area contributed by atoms with Gasteiger partial charge in [-0.05, 0) is 61.4 Å². The van der Waals surface area contributed by atoms with E-state index in [1.54, 1.807) is 42.6 Å². The number of aliphatic hydroxyl groups excluding tert-OH is 1. The van der Waals surface area contributed by atoms with Gasteiger partial charge in [-0.3, -0.25) is 14.5 Å². The third kappa shape index (κ3) is 6.06. The van der Waals surface area contributed by atoms with Gasteiger partial charge in [0.05, 0.1) is 11.6 Å². The van der Waals surface area contributed by atoms with Crippen molar-refractivity contribution in [2.75, 3.05) is 37.4 Å². The molecule has 0 spiro atoms. The predicted octanol–water partition coefficient (Wildman–Crippen LogP) is 4.07. The quantitative estimate of drug-likeness (QED) is 0.463. The number of amides is 1. The lowest BCUT2D eigenvalue weighted by molar-refractivity contribution is 0.0757. The molecule has 0 bridgehead atoms. The van der Waals surface area contributed by atoms with Crippen molar-refractivity contribution in [1.29, 1.82) is 0 Å². The van der Waals surface area contributed by atoms with Crippen LogP contribution in [0.2, 0.25) is 0 Å². The topological polar surface area (TPSA) is 103 Å². The van der Waals surface area contributed by atoms with E-state index in [-0.39, 0.29) is 16.7 Å². The van der Waals surface area contributed by atoms with Gasteiger partial charge in [-0.1, -0.05) is 43.4 Å². The number of para-hydroxylation sites is 1. The number of allylic oxidation sites excluding steroid dienone is 2. The maximum Gasteiger partial charge on any atom is 0.264 e.